The third kappa shape index (κ3) is 3.87. The zero-order valence-electron chi connectivity index (χ0n) is 13.3. The Balaban J connectivity index is 2.47. The number of hydrogen-bond donors (Lipinski definition) is 1. The molecule has 0 fully saturated rings. The van der Waals surface area contributed by atoms with Crippen molar-refractivity contribution < 1.29 is 0 Å². The van der Waals surface area contributed by atoms with Crippen LogP contribution in [0.1, 0.15) is 47.2 Å². The standard InChI is InChI=1S/C19H24ClN/c1-5-9-21-19(16-7-6-8-17(20)12-16)18-11-14(3)13(2)10-15(18)4/h6-8,10-12,19,21H,5,9H2,1-4H3. The smallest absolute Gasteiger partial charge is 0.0579 e. The van der Waals surface area contributed by atoms with Crippen molar-refractivity contribution in [2.75, 3.05) is 6.54 Å². The number of aryl methyl sites for hydroxylation is 3. The molecule has 2 heteroatoms. The van der Waals surface area contributed by atoms with Gasteiger partial charge in [-0.1, -0.05) is 42.8 Å². The van der Waals surface area contributed by atoms with Crippen LogP contribution in [-0.2, 0) is 0 Å². The first-order valence-corrected chi connectivity index (χ1v) is 7.97. The Morgan fingerprint density at radius 2 is 1.71 bits per heavy atom. The molecule has 0 heterocycles. The van der Waals surface area contributed by atoms with Gasteiger partial charge >= 0.3 is 0 Å². The van der Waals surface area contributed by atoms with Crippen LogP contribution in [0.25, 0.3) is 0 Å². The predicted molar refractivity (Wildman–Crippen MR) is 92.2 cm³/mol. The van der Waals surface area contributed by atoms with Crippen LogP contribution in [0.5, 0.6) is 0 Å². The number of benzene rings is 2. The van der Waals surface area contributed by atoms with Crippen LogP contribution in [-0.4, -0.2) is 6.54 Å². The molecule has 1 atom stereocenters. The summed E-state index contributed by atoms with van der Waals surface area (Å²) < 4.78 is 0. The first kappa shape index (κ1) is 16.1. The lowest BCUT2D eigenvalue weighted by atomic mass is 9.91. The van der Waals surface area contributed by atoms with E-state index in [2.05, 4.69) is 57.3 Å². The summed E-state index contributed by atoms with van der Waals surface area (Å²) in [6.45, 7) is 9.71. The first-order valence-electron chi connectivity index (χ1n) is 7.59. The van der Waals surface area contributed by atoms with Gasteiger partial charge in [0, 0.05) is 5.02 Å². The maximum atomic E-state index is 6.18. The number of rotatable bonds is 5. The van der Waals surface area contributed by atoms with Crippen molar-refractivity contribution in [3.63, 3.8) is 0 Å². The van der Waals surface area contributed by atoms with Crippen molar-refractivity contribution in [3.8, 4) is 0 Å². The molecule has 21 heavy (non-hydrogen) atoms. The Morgan fingerprint density at radius 3 is 2.38 bits per heavy atom. The van der Waals surface area contributed by atoms with Gasteiger partial charge in [-0.05, 0) is 73.7 Å². The molecule has 2 aromatic carbocycles. The second-order valence-electron chi connectivity index (χ2n) is 5.74. The van der Waals surface area contributed by atoms with E-state index in [1.807, 2.05) is 12.1 Å². The highest BCUT2D eigenvalue weighted by molar-refractivity contribution is 6.30. The lowest BCUT2D eigenvalue weighted by Crippen LogP contribution is -2.24. The van der Waals surface area contributed by atoms with E-state index in [1.54, 1.807) is 0 Å². The van der Waals surface area contributed by atoms with Gasteiger partial charge in [-0.25, -0.2) is 0 Å². The number of halogens is 1. The Morgan fingerprint density at radius 1 is 1.00 bits per heavy atom. The molecule has 0 saturated carbocycles. The molecule has 1 unspecified atom stereocenters. The van der Waals surface area contributed by atoms with E-state index < -0.39 is 0 Å². The minimum Gasteiger partial charge on any atom is -0.306 e. The van der Waals surface area contributed by atoms with Gasteiger partial charge in [-0.3, -0.25) is 0 Å². The molecule has 0 aliphatic rings. The molecule has 0 saturated heterocycles. The zero-order valence-corrected chi connectivity index (χ0v) is 14.1. The first-order chi connectivity index (χ1) is 10.0. The molecule has 0 spiro atoms. The predicted octanol–water partition coefficient (Wildman–Crippen LogP) is 5.35. The molecule has 2 rings (SSSR count). The summed E-state index contributed by atoms with van der Waals surface area (Å²) in [5, 5.41) is 4.45. The summed E-state index contributed by atoms with van der Waals surface area (Å²) >= 11 is 6.18. The van der Waals surface area contributed by atoms with Crippen LogP contribution in [0.15, 0.2) is 36.4 Å². The van der Waals surface area contributed by atoms with E-state index in [9.17, 15) is 0 Å². The van der Waals surface area contributed by atoms with Crippen molar-refractivity contribution >= 4 is 11.6 Å². The SMILES string of the molecule is CCCNC(c1cccc(Cl)c1)c1cc(C)c(C)cc1C. The van der Waals surface area contributed by atoms with Gasteiger partial charge in [0.05, 0.1) is 6.04 Å². The van der Waals surface area contributed by atoms with E-state index >= 15 is 0 Å². The van der Waals surface area contributed by atoms with Crippen LogP contribution in [0.3, 0.4) is 0 Å². The van der Waals surface area contributed by atoms with Gasteiger partial charge in [0.25, 0.3) is 0 Å². The topological polar surface area (TPSA) is 12.0 Å². The minimum atomic E-state index is 0.197. The second kappa shape index (κ2) is 7.11. The molecular formula is C19H24ClN. The normalized spacial score (nSPS) is 12.4. The highest BCUT2D eigenvalue weighted by Gasteiger charge is 2.16. The van der Waals surface area contributed by atoms with Crippen LogP contribution in [0.2, 0.25) is 5.02 Å². The molecule has 0 bridgehead atoms. The van der Waals surface area contributed by atoms with Gasteiger partial charge < -0.3 is 5.32 Å². The van der Waals surface area contributed by atoms with Gasteiger partial charge in [0.1, 0.15) is 0 Å². The lowest BCUT2D eigenvalue weighted by Gasteiger charge is -2.23. The van der Waals surface area contributed by atoms with Crippen molar-refractivity contribution in [2.24, 2.45) is 0 Å². The number of hydrogen-bond acceptors (Lipinski definition) is 1. The molecule has 2 aromatic rings. The highest BCUT2D eigenvalue weighted by Crippen LogP contribution is 2.28. The molecule has 0 aromatic heterocycles. The molecule has 1 N–H and O–H groups in total. The molecule has 0 aliphatic carbocycles. The van der Waals surface area contributed by atoms with E-state index in [4.69, 9.17) is 11.6 Å². The van der Waals surface area contributed by atoms with Gasteiger partial charge in [0.15, 0.2) is 0 Å². The monoisotopic (exact) mass is 301 g/mol. The quantitative estimate of drug-likeness (QED) is 0.784. The van der Waals surface area contributed by atoms with Crippen LogP contribution < -0.4 is 5.32 Å². The third-order valence-electron chi connectivity index (χ3n) is 3.97. The molecule has 0 aliphatic heterocycles. The largest absolute Gasteiger partial charge is 0.306 e. The summed E-state index contributed by atoms with van der Waals surface area (Å²) in [7, 11) is 0. The van der Waals surface area contributed by atoms with Crippen LogP contribution in [0.4, 0.5) is 0 Å². The van der Waals surface area contributed by atoms with E-state index in [-0.39, 0.29) is 6.04 Å². The second-order valence-corrected chi connectivity index (χ2v) is 6.17. The van der Waals surface area contributed by atoms with Crippen LogP contribution in [0, 0.1) is 20.8 Å². The van der Waals surface area contributed by atoms with Crippen LogP contribution >= 0.6 is 11.6 Å². The Kier molecular flexibility index (Phi) is 5.44. The summed E-state index contributed by atoms with van der Waals surface area (Å²) in [5.74, 6) is 0. The molecular weight excluding hydrogens is 278 g/mol. The zero-order chi connectivity index (χ0) is 15.4. The molecule has 0 radical (unpaired) electrons. The van der Waals surface area contributed by atoms with Crippen molar-refractivity contribution in [1.29, 1.82) is 0 Å². The van der Waals surface area contributed by atoms with Crippen molar-refractivity contribution in [3.05, 3.63) is 69.2 Å². The Hall–Kier alpha value is -1.31. The highest BCUT2D eigenvalue weighted by atomic mass is 35.5. The summed E-state index contributed by atoms with van der Waals surface area (Å²) in [4.78, 5) is 0. The van der Waals surface area contributed by atoms with E-state index in [1.165, 1.54) is 27.8 Å². The molecule has 1 nitrogen and oxygen atoms in total. The van der Waals surface area contributed by atoms with Crippen molar-refractivity contribution in [1.82, 2.24) is 5.32 Å². The fourth-order valence-corrected chi connectivity index (χ4v) is 2.87. The maximum absolute atomic E-state index is 6.18. The minimum absolute atomic E-state index is 0.197. The van der Waals surface area contributed by atoms with Gasteiger partial charge in [0.2, 0.25) is 0 Å². The maximum Gasteiger partial charge on any atom is 0.0579 e. The Bertz CT molecular complexity index is 619. The Labute approximate surface area is 133 Å². The fraction of sp³-hybridized carbons (Fsp3) is 0.368. The summed E-state index contributed by atoms with van der Waals surface area (Å²) in [6.07, 6.45) is 1.11. The van der Waals surface area contributed by atoms with Crippen molar-refractivity contribution in [2.45, 2.75) is 40.2 Å². The molecule has 0 amide bonds. The lowest BCUT2D eigenvalue weighted by molar-refractivity contribution is 0.596. The van der Waals surface area contributed by atoms with Gasteiger partial charge in [-0.2, -0.15) is 0 Å². The third-order valence-corrected chi connectivity index (χ3v) is 4.21. The average Bonchev–Trinajstić information content (AvgIpc) is 2.44. The summed E-state index contributed by atoms with van der Waals surface area (Å²) in [6, 6.07) is 12.9. The average molecular weight is 302 g/mol. The molecule has 112 valence electrons. The number of nitrogens with one attached hydrogen (secondary N) is 1. The van der Waals surface area contributed by atoms with E-state index in [0.29, 0.717) is 0 Å². The van der Waals surface area contributed by atoms with Gasteiger partial charge in [-0.15, -0.1) is 0 Å². The van der Waals surface area contributed by atoms with E-state index in [0.717, 1.165) is 18.0 Å². The fourth-order valence-electron chi connectivity index (χ4n) is 2.68. The summed E-state index contributed by atoms with van der Waals surface area (Å²) in [5.41, 5.74) is 6.57.